The minimum atomic E-state index is 0.495. The molecule has 1 unspecified atom stereocenters. The summed E-state index contributed by atoms with van der Waals surface area (Å²) in [6, 6.07) is 0. The Morgan fingerprint density at radius 1 is 1.47 bits per heavy atom. The average molecular weight is 227 g/mol. The van der Waals surface area contributed by atoms with Gasteiger partial charge in [-0.3, -0.25) is 4.98 Å². The Balaban J connectivity index is 1.75. The van der Waals surface area contributed by atoms with Crippen LogP contribution in [0.4, 0.5) is 0 Å². The lowest BCUT2D eigenvalue weighted by Crippen LogP contribution is -2.24. The second-order valence-corrected chi connectivity index (χ2v) is 4.14. The fraction of sp³-hybridized carbons (Fsp3) is 0.600. The predicted octanol–water partition coefficient (Wildman–Crippen LogP) is 0.829. The van der Waals surface area contributed by atoms with Gasteiger partial charge < -0.3 is 10.6 Å². The topological polar surface area (TPSA) is 49.8 Å². The molecule has 0 aromatic carbocycles. The molecule has 5 heteroatoms. The maximum Gasteiger partial charge on any atom is 0.151 e. The third kappa shape index (κ3) is 3.12. The van der Waals surface area contributed by atoms with Crippen molar-refractivity contribution in [3.05, 3.63) is 23.2 Å². The molecule has 1 aromatic rings. The van der Waals surface area contributed by atoms with Gasteiger partial charge in [0.15, 0.2) is 5.15 Å². The summed E-state index contributed by atoms with van der Waals surface area (Å²) in [5.74, 6) is 0.737. The molecule has 15 heavy (non-hydrogen) atoms. The molecule has 0 amide bonds. The first-order chi connectivity index (χ1) is 7.36. The average Bonchev–Trinajstić information content (AvgIpc) is 2.74. The summed E-state index contributed by atoms with van der Waals surface area (Å²) < 4.78 is 0. The zero-order valence-electron chi connectivity index (χ0n) is 8.54. The van der Waals surface area contributed by atoms with E-state index < -0.39 is 0 Å². The van der Waals surface area contributed by atoms with Gasteiger partial charge in [-0.1, -0.05) is 11.6 Å². The van der Waals surface area contributed by atoms with Crippen molar-refractivity contribution in [1.82, 2.24) is 20.6 Å². The quantitative estimate of drug-likeness (QED) is 0.799. The van der Waals surface area contributed by atoms with E-state index >= 15 is 0 Å². The lowest BCUT2D eigenvalue weighted by molar-refractivity contribution is 0.509. The molecule has 1 aliphatic heterocycles. The molecular weight excluding hydrogens is 212 g/mol. The molecular formula is C10H15ClN4. The molecule has 0 radical (unpaired) electrons. The van der Waals surface area contributed by atoms with E-state index in [1.165, 1.54) is 6.42 Å². The molecule has 2 heterocycles. The Morgan fingerprint density at radius 2 is 2.33 bits per heavy atom. The largest absolute Gasteiger partial charge is 0.316 e. The zero-order chi connectivity index (χ0) is 10.5. The van der Waals surface area contributed by atoms with Crippen molar-refractivity contribution >= 4 is 11.6 Å². The van der Waals surface area contributed by atoms with Gasteiger partial charge in [0, 0.05) is 18.9 Å². The van der Waals surface area contributed by atoms with Gasteiger partial charge in [-0.05, 0) is 32.0 Å². The van der Waals surface area contributed by atoms with E-state index in [9.17, 15) is 0 Å². The van der Waals surface area contributed by atoms with Crippen molar-refractivity contribution in [2.24, 2.45) is 5.92 Å². The van der Waals surface area contributed by atoms with Crippen molar-refractivity contribution in [1.29, 1.82) is 0 Å². The molecule has 1 aromatic heterocycles. The molecule has 2 rings (SSSR count). The van der Waals surface area contributed by atoms with E-state index in [2.05, 4.69) is 20.6 Å². The number of hydrogen-bond donors (Lipinski definition) is 2. The monoisotopic (exact) mass is 226 g/mol. The molecule has 82 valence electrons. The van der Waals surface area contributed by atoms with Crippen LogP contribution in [-0.2, 0) is 6.54 Å². The third-order valence-corrected chi connectivity index (χ3v) is 2.93. The standard InChI is InChI=1S/C10H15ClN4/c11-10-9(14-3-4-15-10)7-13-6-8-1-2-12-5-8/h3-4,8,12-13H,1-2,5-7H2. The molecule has 1 aliphatic rings. The van der Waals surface area contributed by atoms with E-state index in [-0.39, 0.29) is 0 Å². The number of halogens is 1. The molecule has 0 saturated carbocycles. The smallest absolute Gasteiger partial charge is 0.151 e. The number of hydrogen-bond acceptors (Lipinski definition) is 4. The van der Waals surface area contributed by atoms with Crippen LogP contribution < -0.4 is 10.6 Å². The van der Waals surface area contributed by atoms with E-state index in [0.717, 1.165) is 31.2 Å². The summed E-state index contributed by atoms with van der Waals surface area (Å²) in [6.45, 7) is 3.96. The van der Waals surface area contributed by atoms with E-state index in [0.29, 0.717) is 11.7 Å². The zero-order valence-corrected chi connectivity index (χ0v) is 9.30. The Morgan fingerprint density at radius 3 is 3.07 bits per heavy atom. The number of nitrogens with zero attached hydrogens (tertiary/aromatic N) is 2. The molecule has 2 N–H and O–H groups in total. The van der Waals surface area contributed by atoms with Crippen molar-refractivity contribution in [2.45, 2.75) is 13.0 Å². The number of rotatable bonds is 4. The van der Waals surface area contributed by atoms with Crippen LogP contribution in [0.5, 0.6) is 0 Å². The first-order valence-electron chi connectivity index (χ1n) is 5.23. The van der Waals surface area contributed by atoms with Gasteiger partial charge in [-0.2, -0.15) is 0 Å². The molecule has 4 nitrogen and oxygen atoms in total. The van der Waals surface area contributed by atoms with Gasteiger partial charge >= 0.3 is 0 Å². The Bertz CT molecular complexity index is 312. The maximum atomic E-state index is 5.89. The summed E-state index contributed by atoms with van der Waals surface area (Å²) in [4.78, 5) is 8.15. The highest BCUT2D eigenvalue weighted by molar-refractivity contribution is 6.29. The van der Waals surface area contributed by atoms with Gasteiger partial charge in [0.05, 0.1) is 5.69 Å². The molecule has 1 atom stereocenters. The van der Waals surface area contributed by atoms with Gasteiger partial charge in [0.1, 0.15) is 0 Å². The minimum Gasteiger partial charge on any atom is -0.316 e. The summed E-state index contributed by atoms with van der Waals surface area (Å²) in [7, 11) is 0. The molecule has 0 spiro atoms. The van der Waals surface area contributed by atoms with Crippen molar-refractivity contribution in [3.63, 3.8) is 0 Å². The van der Waals surface area contributed by atoms with E-state index in [1.54, 1.807) is 12.4 Å². The van der Waals surface area contributed by atoms with Crippen LogP contribution in [-0.4, -0.2) is 29.6 Å². The summed E-state index contributed by atoms with van der Waals surface area (Å²) >= 11 is 5.89. The predicted molar refractivity (Wildman–Crippen MR) is 59.7 cm³/mol. The van der Waals surface area contributed by atoms with Crippen LogP contribution in [0.3, 0.4) is 0 Å². The highest BCUT2D eigenvalue weighted by Crippen LogP contribution is 2.09. The number of nitrogens with one attached hydrogen (secondary N) is 2. The van der Waals surface area contributed by atoms with Gasteiger partial charge in [0.2, 0.25) is 0 Å². The molecule has 1 saturated heterocycles. The second kappa shape index (κ2) is 5.39. The molecule has 0 aliphatic carbocycles. The first-order valence-corrected chi connectivity index (χ1v) is 5.61. The van der Waals surface area contributed by atoms with Crippen LogP contribution in [0.1, 0.15) is 12.1 Å². The first kappa shape index (κ1) is 10.8. The normalized spacial score (nSPS) is 20.7. The Labute approximate surface area is 94.5 Å². The SMILES string of the molecule is Clc1nccnc1CNCC1CCNC1. The Kier molecular flexibility index (Phi) is 3.88. The summed E-state index contributed by atoms with van der Waals surface area (Å²) in [6.07, 6.45) is 4.52. The van der Waals surface area contributed by atoms with Crippen molar-refractivity contribution in [3.8, 4) is 0 Å². The van der Waals surface area contributed by atoms with E-state index in [1.807, 2.05) is 0 Å². The lowest BCUT2D eigenvalue weighted by atomic mass is 10.1. The lowest BCUT2D eigenvalue weighted by Gasteiger charge is -2.09. The van der Waals surface area contributed by atoms with Crippen LogP contribution in [0, 0.1) is 5.92 Å². The van der Waals surface area contributed by atoms with Crippen LogP contribution in [0.25, 0.3) is 0 Å². The van der Waals surface area contributed by atoms with Crippen LogP contribution in [0.2, 0.25) is 5.15 Å². The van der Waals surface area contributed by atoms with Gasteiger partial charge in [0.25, 0.3) is 0 Å². The number of aromatic nitrogens is 2. The Hall–Kier alpha value is -0.710. The highest BCUT2D eigenvalue weighted by atomic mass is 35.5. The van der Waals surface area contributed by atoms with Crippen molar-refractivity contribution in [2.75, 3.05) is 19.6 Å². The molecule has 0 bridgehead atoms. The van der Waals surface area contributed by atoms with Crippen LogP contribution >= 0.6 is 11.6 Å². The van der Waals surface area contributed by atoms with Crippen LogP contribution in [0.15, 0.2) is 12.4 Å². The van der Waals surface area contributed by atoms with Gasteiger partial charge in [-0.25, -0.2) is 4.98 Å². The summed E-state index contributed by atoms with van der Waals surface area (Å²) in [5.41, 5.74) is 0.824. The minimum absolute atomic E-state index is 0.495. The van der Waals surface area contributed by atoms with Crippen molar-refractivity contribution < 1.29 is 0 Å². The fourth-order valence-electron chi connectivity index (χ4n) is 1.75. The van der Waals surface area contributed by atoms with E-state index in [4.69, 9.17) is 11.6 Å². The van der Waals surface area contributed by atoms with Gasteiger partial charge in [-0.15, -0.1) is 0 Å². The maximum absolute atomic E-state index is 5.89. The fourth-order valence-corrected chi connectivity index (χ4v) is 1.92. The molecule has 1 fully saturated rings. The summed E-state index contributed by atoms with van der Waals surface area (Å²) in [5, 5.41) is 7.19. The second-order valence-electron chi connectivity index (χ2n) is 3.78. The highest BCUT2D eigenvalue weighted by Gasteiger charge is 2.13. The third-order valence-electron chi connectivity index (χ3n) is 2.61.